The van der Waals surface area contributed by atoms with Crippen molar-refractivity contribution in [2.24, 2.45) is 0 Å². The Kier molecular flexibility index (Phi) is 3.26. The second-order valence-electron chi connectivity index (χ2n) is 4.88. The molecule has 1 aliphatic rings. The summed E-state index contributed by atoms with van der Waals surface area (Å²) in [6, 6.07) is 8.79. The molecule has 0 bridgehead atoms. The number of aromatic nitrogens is 2. The van der Waals surface area contributed by atoms with Gasteiger partial charge in [0.15, 0.2) is 0 Å². The zero-order valence-electron chi connectivity index (χ0n) is 11.3. The van der Waals surface area contributed by atoms with E-state index in [2.05, 4.69) is 15.5 Å². The monoisotopic (exact) mass is 306 g/mol. The Balaban J connectivity index is 1.80. The number of aromatic amines is 1. The molecule has 7 nitrogen and oxygen atoms in total. The number of benzene rings is 1. The molecule has 1 aromatic heterocycles. The van der Waals surface area contributed by atoms with Crippen molar-refractivity contribution in [1.82, 2.24) is 14.5 Å². The minimum Gasteiger partial charge on any atom is -0.307 e. The molecule has 0 spiro atoms. The number of carbonyl (C=O) groups is 1. The van der Waals surface area contributed by atoms with E-state index in [4.69, 9.17) is 0 Å². The predicted octanol–water partition coefficient (Wildman–Crippen LogP) is 0.937. The van der Waals surface area contributed by atoms with Gasteiger partial charge in [0, 0.05) is 17.7 Å². The van der Waals surface area contributed by atoms with Crippen LogP contribution in [0.1, 0.15) is 21.6 Å². The standard InChI is InChI=1S/C13H14N4O3S/c1-21(19,20)17-7-10-11(8-17)15-16-12(10)14-13(18)9-5-3-2-4-6-9/h2-6H,7-8H2,1H3,(H2,14,15,16,18). The number of hydrogen-bond acceptors (Lipinski definition) is 4. The summed E-state index contributed by atoms with van der Waals surface area (Å²) in [6.07, 6.45) is 1.16. The molecule has 0 unspecified atom stereocenters. The average molecular weight is 306 g/mol. The van der Waals surface area contributed by atoms with Gasteiger partial charge in [0.2, 0.25) is 10.0 Å². The fourth-order valence-corrected chi connectivity index (χ4v) is 2.94. The largest absolute Gasteiger partial charge is 0.307 e. The molecule has 1 amide bonds. The molecule has 2 N–H and O–H groups in total. The van der Waals surface area contributed by atoms with Crippen molar-refractivity contribution in [3.05, 3.63) is 47.2 Å². The third-order valence-electron chi connectivity index (χ3n) is 3.36. The molecule has 0 saturated heterocycles. The lowest BCUT2D eigenvalue weighted by Crippen LogP contribution is -2.24. The lowest BCUT2D eigenvalue weighted by atomic mass is 10.2. The molecule has 0 saturated carbocycles. The minimum atomic E-state index is -3.27. The van der Waals surface area contributed by atoms with Gasteiger partial charge in [-0.2, -0.15) is 9.40 Å². The summed E-state index contributed by atoms with van der Waals surface area (Å²) in [5, 5.41) is 9.54. The molecule has 0 atom stereocenters. The van der Waals surface area contributed by atoms with E-state index in [1.165, 1.54) is 4.31 Å². The average Bonchev–Trinajstić information content (AvgIpc) is 3.01. The van der Waals surface area contributed by atoms with E-state index in [1.807, 2.05) is 6.07 Å². The molecule has 1 aromatic carbocycles. The highest BCUT2D eigenvalue weighted by Gasteiger charge is 2.31. The number of rotatable bonds is 3. The van der Waals surface area contributed by atoms with Crippen LogP contribution in [0.4, 0.5) is 5.82 Å². The van der Waals surface area contributed by atoms with Crippen LogP contribution in [0.25, 0.3) is 0 Å². The normalized spacial score (nSPS) is 14.9. The Hall–Kier alpha value is -2.19. The van der Waals surface area contributed by atoms with Crippen LogP contribution in [-0.4, -0.2) is 35.1 Å². The van der Waals surface area contributed by atoms with Crippen molar-refractivity contribution in [3.8, 4) is 0 Å². The molecule has 110 valence electrons. The van der Waals surface area contributed by atoms with E-state index >= 15 is 0 Å². The van der Waals surface area contributed by atoms with Gasteiger partial charge < -0.3 is 5.32 Å². The second kappa shape index (κ2) is 4.97. The molecule has 0 aliphatic carbocycles. The van der Waals surface area contributed by atoms with E-state index in [9.17, 15) is 13.2 Å². The predicted molar refractivity (Wildman–Crippen MR) is 77.1 cm³/mol. The van der Waals surface area contributed by atoms with Gasteiger partial charge in [-0.15, -0.1) is 0 Å². The topological polar surface area (TPSA) is 95.2 Å². The Bertz CT molecular complexity index is 783. The van der Waals surface area contributed by atoms with E-state index in [0.717, 1.165) is 6.26 Å². The minimum absolute atomic E-state index is 0.217. The van der Waals surface area contributed by atoms with Crippen molar-refractivity contribution in [2.75, 3.05) is 11.6 Å². The molecule has 2 aromatic rings. The van der Waals surface area contributed by atoms with E-state index in [-0.39, 0.29) is 19.0 Å². The maximum atomic E-state index is 12.1. The number of nitrogens with one attached hydrogen (secondary N) is 2. The maximum Gasteiger partial charge on any atom is 0.256 e. The third-order valence-corrected chi connectivity index (χ3v) is 4.55. The number of hydrogen-bond donors (Lipinski definition) is 2. The summed E-state index contributed by atoms with van der Waals surface area (Å²) in [5.74, 6) is 0.185. The van der Waals surface area contributed by atoms with E-state index in [0.29, 0.717) is 22.6 Å². The van der Waals surface area contributed by atoms with Crippen LogP contribution in [-0.2, 0) is 23.1 Å². The van der Waals surface area contributed by atoms with E-state index < -0.39 is 10.0 Å². The molecule has 8 heteroatoms. The second-order valence-corrected chi connectivity index (χ2v) is 6.86. The van der Waals surface area contributed by atoms with Crippen LogP contribution >= 0.6 is 0 Å². The highest BCUT2D eigenvalue weighted by Crippen LogP contribution is 2.28. The first-order valence-corrected chi connectivity index (χ1v) is 8.17. The van der Waals surface area contributed by atoms with Crippen molar-refractivity contribution >= 4 is 21.7 Å². The zero-order valence-corrected chi connectivity index (χ0v) is 12.1. The van der Waals surface area contributed by atoms with Crippen LogP contribution in [0.3, 0.4) is 0 Å². The van der Waals surface area contributed by atoms with Gasteiger partial charge in [0.1, 0.15) is 5.82 Å². The van der Waals surface area contributed by atoms with Crippen LogP contribution in [0, 0.1) is 0 Å². The first-order valence-electron chi connectivity index (χ1n) is 6.33. The first-order chi connectivity index (χ1) is 9.95. The van der Waals surface area contributed by atoms with E-state index in [1.54, 1.807) is 24.3 Å². The summed E-state index contributed by atoms with van der Waals surface area (Å²) in [6.45, 7) is 0.445. The van der Waals surface area contributed by atoms with Gasteiger partial charge in [0.05, 0.1) is 18.5 Å². The molecule has 0 fully saturated rings. The number of nitrogens with zero attached hydrogens (tertiary/aromatic N) is 2. The zero-order chi connectivity index (χ0) is 15.0. The Morgan fingerprint density at radius 2 is 2.00 bits per heavy atom. The highest BCUT2D eigenvalue weighted by atomic mass is 32.2. The lowest BCUT2D eigenvalue weighted by Gasteiger charge is -2.11. The first kappa shape index (κ1) is 13.8. The number of fused-ring (bicyclic) bond motifs is 1. The molecule has 21 heavy (non-hydrogen) atoms. The number of H-pyrrole nitrogens is 1. The fourth-order valence-electron chi connectivity index (χ4n) is 2.22. The quantitative estimate of drug-likeness (QED) is 0.882. The van der Waals surface area contributed by atoms with Crippen LogP contribution in [0.2, 0.25) is 0 Å². The van der Waals surface area contributed by atoms with Crippen molar-refractivity contribution in [2.45, 2.75) is 13.1 Å². The van der Waals surface area contributed by atoms with Crippen molar-refractivity contribution in [1.29, 1.82) is 0 Å². The Labute approximate surface area is 122 Å². The summed E-state index contributed by atoms with van der Waals surface area (Å²) in [7, 11) is -3.27. The fraction of sp³-hybridized carbons (Fsp3) is 0.231. The molecular weight excluding hydrogens is 292 g/mol. The summed E-state index contributed by atoms with van der Waals surface area (Å²) < 4.78 is 24.4. The van der Waals surface area contributed by atoms with Crippen molar-refractivity contribution < 1.29 is 13.2 Å². The number of sulfonamides is 1. The highest BCUT2D eigenvalue weighted by molar-refractivity contribution is 7.88. The number of anilines is 1. The molecule has 1 aliphatic heterocycles. The molecule has 2 heterocycles. The smallest absolute Gasteiger partial charge is 0.256 e. The van der Waals surface area contributed by atoms with Gasteiger partial charge in [-0.25, -0.2) is 8.42 Å². The number of carbonyl (C=O) groups excluding carboxylic acids is 1. The Morgan fingerprint density at radius 3 is 2.67 bits per heavy atom. The van der Waals surface area contributed by atoms with Gasteiger partial charge >= 0.3 is 0 Å². The number of amides is 1. The molecular formula is C13H14N4O3S. The van der Waals surface area contributed by atoms with Gasteiger partial charge in [-0.3, -0.25) is 9.89 Å². The van der Waals surface area contributed by atoms with Gasteiger partial charge in [-0.1, -0.05) is 18.2 Å². The summed E-state index contributed by atoms with van der Waals surface area (Å²) >= 11 is 0. The summed E-state index contributed by atoms with van der Waals surface area (Å²) in [4.78, 5) is 12.1. The van der Waals surface area contributed by atoms with Crippen LogP contribution in [0.5, 0.6) is 0 Å². The summed E-state index contributed by atoms with van der Waals surface area (Å²) in [5.41, 5.74) is 1.88. The van der Waals surface area contributed by atoms with Gasteiger partial charge in [0.25, 0.3) is 5.91 Å². The Morgan fingerprint density at radius 1 is 1.29 bits per heavy atom. The van der Waals surface area contributed by atoms with Crippen LogP contribution < -0.4 is 5.32 Å². The SMILES string of the molecule is CS(=O)(=O)N1Cc2n[nH]c(NC(=O)c3ccccc3)c2C1. The maximum absolute atomic E-state index is 12.1. The molecule has 3 rings (SSSR count). The third kappa shape index (κ3) is 2.67. The van der Waals surface area contributed by atoms with Crippen LogP contribution in [0.15, 0.2) is 30.3 Å². The lowest BCUT2D eigenvalue weighted by molar-refractivity contribution is 0.102. The molecule has 0 radical (unpaired) electrons. The van der Waals surface area contributed by atoms with Gasteiger partial charge in [-0.05, 0) is 12.1 Å². The van der Waals surface area contributed by atoms with Crippen molar-refractivity contribution in [3.63, 3.8) is 0 Å².